The van der Waals surface area contributed by atoms with Crippen LogP contribution in [0.15, 0.2) is 47.4 Å². The van der Waals surface area contributed by atoms with E-state index in [1.807, 2.05) is 0 Å². The summed E-state index contributed by atoms with van der Waals surface area (Å²) in [6, 6.07) is 10.5. The molecule has 0 aromatic heterocycles. The first-order chi connectivity index (χ1) is 14.8. The van der Waals surface area contributed by atoms with Gasteiger partial charge in [-0.25, -0.2) is 13.3 Å². The van der Waals surface area contributed by atoms with E-state index in [1.54, 1.807) is 29.2 Å². The summed E-state index contributed by atoms with van der Waals surface area (Å²) in [6.07, 6.45) is 1.46. The Labute approximate surface area is 179 Å². The van der Waals surface area contributed by atoms with E-state index in [4.69, 9.17) is 4.74 Å². The zero-order chi connectivity index (χ0) is 22.2. The van der Waals surface area contributed by atoms with Crippen molar-refractivity contribution in [2.75, 3.05) is 28.2 Å². The van der Waals surface area contributed by atoms with Gasteiger partial charge in [0.15, 0.2) is 0 Å². The van der Waals surface area contributed by atoms with Gasteiger partial charge in [0, 0.05) is 37.2 Å². The molecule has 0 radical (unpaired) electrons. The molecule has 0 aliphatic carbocycles. The molecule has 2 aromatic carbocycles. The molecule has 0 unspecified atom stereocenters. The van der Waals surface area contributed by atoms with Crippen molar-refractivity contribution in [1.82, 2.24) is 0 Å². The third kappa shape index (κ3) is 3.98. The summed E-state index contributed by atoms with van der Waals surface area (Å²) < 4.78 is 33.5. The SMILES string of the molecule is COc1ccc(S(=O)(=O)Nc2ccc(N3CCCC3=O)cc2)cc1N1C(=O)CCC1=O. The van der Waals surface area contributed by atoms with Crippen LogP contribution in [0.5, 0.6) is 5.75 Å². The van der Waals surface area contributed by atoms with Crippen LogP contribution in [0, 0.1) is 0 Å². The van der Waals surface area contributed by atoms with Gasteiger partial charge in [-0.3, -0.25) is 19.1 Å². The van der Waals surface area contributed by atoms with E-state index in [0.29, 0.717) is 24.3 Å². The van der Waals surface area contributed by atoms with Crippen LogP contribution in [0.4, 0.5) is 17.1 Å². The molecule has 0 atom stereocenters. The third-order valence-corrected chi connectivity index (χ3v) is 6.64. The number of benzene rings is 2. The third-order valence-electron chi connectivity index (χ3n) is 5.26. The Kier molecular flexibility index (Phi) is 5.40. The predicted octanol–water partition coefficient (Wildman–Crippen LogP) is 2.28. The number of anilines is 3. The molecule has 2 saturated heterocycles. The normalized spacial score (nSPS) is 16.9. The van der Waals surface area contributed by atoms with Gasteiger partial charge in [0.05, 0.1) is 17.7 Å². The first-order valence-electron chi connectivity index (χ1n) is 9.77. The Hall–Kier alpha value is -3.40. The maximum atomic E-state index is 12.9. The molecule has 4 rings (SSSR count). The highest BCUT2D eigenvalue weighted by atomic mass is 32.2. The Bertz CT molecular complexity index is 1140. The molecular formula is C21H21N3O6S. The average Bonchev–Trinajstić information content (AvgIpc) is 3.32. The van der Waals surface area contributed by atoms with E-state index in [1.165, 1.54) is 25.3 Å². The number of hydrogen-bond donors (Lipinski definition) is 1. The summed E-state index contributed by atoms with van der Waals surface area (Å²) in [5.41, 5.74) is 1.13. The zero-order valence-electron chi connectivity index (χ0n) is 16.8. The highest BCUT2D eigenvalue weighted by Crippen LogP contribution is 2.34. The molecule has 2 aliphatic rings. The molecule has 162 valence electrons. The quantitative estimate of drug-likeness (QED) is 0.686. The van der Waals surface area contributed by atoms with Crippen molar-refractivity contribution >= 4 is 44.8 Å². The van der Waals surface area contributed by atoms with Crippen LogP contribution in [0.2, 0.25) is 0 Å². The molecule has 2 fully saturated rings. The topological polar surface area (TPSA) is 113 Å². The second-order valence-corrected chi connectivity index (χ2v) is 8.94. The van der Waals surface area contributed by atoms with E-state index in [-0.39, 0.29) is 35.1 Å². The van der Waals surface area contributed by atoms with Crippen molar-refractivity contribution in [2.24, 2.45) is 0 Å². The van der Waals surface area contributed by atoms with Gasteiger partial charge in [0.25, 0.3) is 10.0 Å². The van der Waals surface area contributed by atoms with Crippen molar-refractivity contribution < 1.29 is 27.5 Å². The summed E-state index contributed by atoms with van der Waals surface area (Å²) >= 11 is 0. The Morgan fingerprint density at radius 1 is 0.903 bits per heavy atom. The summed E-state index contributed by atoms with van der Waals surface area (Å²) in [5.74, 6) is -0.539. The van der Waals surface area contributed by atoms with Gasteiger partial charge >= 0.3 is 0 Å². The lowest BCUT2D eigenvalue weighted by molar-refractivity contribution is -0.121. The van der Waals surface area contributed by atoms with Crippen molar-refractivity contribution in [1.29, 1.82) is 0 Å². The number of nitrogens with zero attached hydrogens (tertiary/aromatic N) is 2. The Morgan fingerprint density at radius 3 is 2.16 bits per heavy atom. The fourth-order valence-electron chi connectivity index (χ4n) is 3.70. The van der Waals surface area contributed by atoms with E-state index in [2.05, 4.69) is 4.72 Å². The molecule has 2 heterocycles. The van der Waals surface area contributed by atoms with Crippen molar-refractivity contribution in [3.8, 4) is 5.75 Å². The number of ether oxygens (including phenoxy) is 1. The fraction of sp³-hybridized carbons (Fsp3) is 0.286. The number of sulfonamides is 1. The minimum Gasteiger partial charge on any atom is -0.495 e. The van der Waals surface area contributed by atoms with Crippen LogP contribution < -0.4 is 19.3 Å². The van der Waals surface area contributed by atoms with Gasteiger partial charge in [-0.05, 0) is 48.9 Å². The fourth-order valence-corrected chi connectivity index (χ4v) is 4.78. The molecule has 10 heteroatoms. The molecular weight excluding hydrogens is 422 g/mol. The highest BCUT2D eigenvalue weighted by Gasteiger charge is 2.33. The smallest absolute Gasteiger partial charge is 0.261 e. The van der Waals surface area contributed by atoms with Gasteiger partial charge in [-0.15, -0.1) is 0 Å². The summed E-state index contributed by atoms with van der Waals surface area (Å²) in [5, 5.41) is 0. The Balaban J connectivity index is 1.60. The summed E-state index contributed by atoms with van der Waals surface area (Å²) in [7, 11) is -2.63. The number of hydrogen-bond acceptors (Lipinski definition) is 6. The van der Waals surface area contributed by atoms with Gasteiger partial charge in [0.1, 0.15) is 5.75 Å². The number of rotatable bonds is 6. The molecule has 1 N–H and O–H groups in total. The van der Waals surface area contributed by atoms with Crippen LogP contribution in [0.1, 0.15) is 25.7 Å². The van der Waals surface area contributed by atoms with Crippen LogP contribution in [0.25, 0.3) is 0 Å². The minimum absolute atomic E-state index is 0.0464. The second kappa shape index (κ2) is 8.03. The van der Waals surface area contributed by atoms with Crippen LogP contribution in [-0.2, 0) is 24.4 Å². The van der Waals surface area contributed by atoms with Crippen LogP contribution >= 0.6 is 0 Å². The van der Waals surface area contributed by atoms with Crippen molar-refractivity contribution in [3.63, 3.8) is 0 Å². The lowest BCUT2D eigenvalue weighted by Crippen LogP contribution is -2.29. The minimum atomic E-state index is -4.00. The number of carbonyl (C=O) groups is 3. The van der Waals surface area contributed by atoms with E-state index < -0.39 is 21.8 Å². The standard InChI is InChI=1S/C21H21N3O6S/c1-30-18-9-8-16(13-17(18)24-20(26)10-11-21(24)27)31(28,29)22-14-4-6-15(7-5-14)23-12-2-3-19(23)25/h4-9,13,22H,2-3,10-12H2,1H3. The number of amides is 3. The van der Waals surface area contributed by atoms with E-state index in [0.717, 1.165) is 11.3 Å². The van der Waals surface area contributed by atoms with Gasteiger partial charge in [-0.2, -0.15) is 0 Å². The zero-order valence-corrected chi connectivity index (χ0v) is 17.6. The van der Waals surface area contributed by atoms with Crippen LogP contribution in [-0.4, -0.2) is 39.8 Å². The lowest BCUT2D eigenvalue weighted by atomic mass is 10.2. The number of carbonyl (C=O) groups excluding carboxylic acids is 3. The summed E-state index contributed by atoms with van der Waals surface area (Å²) in [4.78, 5) is 38.6. The maximum Gasteiger partial charge on any atom is 0.261 e. The molecule has 9 nitrogen and oxygen atoms in total. The average molecular weight is 443 g/mol. The first-order valence-corrected chi connectivity index (χ1v) is 11.3. The largest absolute Gasteiger partial charge is 0.495 e. The van der Waals surface area contributed by atoms with Gasteiger partial charge in [0.2, 0.25) is 17.7 Å². The molecule has 2 aliphatic heterocycles. The first kappa shape index (κ1) is 20.9. The van der Waals surface area contributed by atoms with Crippen LogP contribution in [0.3, 0.4) is 0 Å². The Morgan fingerprint density at radius 2 is 1.58 bits per heavy atom. The molecule has 0 saturated carbocycles. The monoisotopic (exact) mass is 443 g/mol. The van der Waals surface area contributed by atoms with Gasteiger partial charge in [-0.1, -0.05) is 0 Å². The second-order valence-electron chi connectivity index (χ2n) is 7.26. The van der Waals surface area contributed by atoms with Crippen molar-refractivity contribution in [3.05, 3.63) is 42.5 Å². The van der Waals surface area contributed by atoms with Crippen molar-refractivity contribution in [2.45, 2.75) is 30.6 Å². The highest BCUT2D eigenvalue weighted by molar-refractivity contribution is 7.92. The number of methoxy groups -OCH3 is 1. The van der Waals surface area contributed by atoms with Gasteiger partial charge < -0.3 is 9.64 Å². The van der Waals surface area contributed by atoms with E-state index in [9.17, 15) is 22.8 Å². The molecule has 0 bridgehead atoms. The number of imide groups is 1. The maximum absolute atomic E-state index is 12.9. The molecule has 3 amide bonds. The lowest BCUT2D eigenvalue weighted by Gasteiger charge is -2.19. The number of nitrogens with one attached hydrogen (secondary N) is 1. The molecule has 2 aromatic rings. The predicted molar refractivity (Wildman–Crippen MR) is 114 cm³/mol. The summed E-state index contributed by atoms with van der Waals surface area (Å²) in [6.45, 7) is 0.645. The van der Waals surface area contributed by atoms with E-state index >= 15 is 0 Å². The molecule has 31 heavy (non-hydrogen) atoms. The molecule has 0 spiro atoms.